The van der Waals surface area contributed by atoms with E-state index < -0.39 is 17.9 Å². The Morgan fingerprint density at radius 3 is 0.714 bits per heavy atom. The standard InChI is InChI=1S/3C7H6O2.Tb/c3*8-7(9)6-4-2-1-3-5-6;/h3*1-5H,(H,8,9);. The molecule has 0 atom stereocenters. The SMILES string of the molecule is O=C(O)c1ccccc1.O=C(O)c1ccccc1.O=C(O)c1ccccc1.[Tb]. The molecule has 3 aromatic carbocycles. The topological polar surface area (TPSA) is 112 Å². The first kappa shape index (κ1) is 25.4. The summed E-state index contributed by atoms with van der Waals surface area (Å²) in [7, 11) is 0. The molecule has 0 heterocycles. The molecule has 3 rings (SSSR count). The molecule has 0 unspecified atom stereocenters. The Morgan fingerprint density at radius 1 is 0.429 bits per heavy atom. The predicted molar refractivity (Wildman–Crippen MR) is 100 cm³/mol. The van der Waals surface area contributed by atoms with Crippen molar-refractivity contribution in [1.82, 2.24) is 0 Å². The second-order valence-corrected chi connectivity index (χ2v) is 5.01. The molecule has 0 aliphatic carbocycles. The predicted octanol–water partition coefficient (Wildman–Crippen LogP) is 4.15. The van der Waals surface area contributed by atoms with Crippen LogP contribution >= 0.6 is 0 Å². The summed E-state index contributed by atoms with van der Waals surface area (Å²) in [6.45, 7) is 0. The van der Waals surface area contributed by atoms with E-state index in [1.54, 1.807) is 91.0 Å². The van der Waals surface area contributed by atoms with E-state index in [1.165, 1.54) is 0 Å². The Balaban J connectivity index is 0.000000384. The summed E-state index contributed by atoms with van der Waals surface area (Å²) < 4.78 is 0. The fourth-order valence-electron chi connectivity index (χ4n) is 1.74. The molecule has 0 aromatic heterocycles. The minimum atomic E-state index is -0.879. The van der Waals surface area contributed by atoms with Crippen molar-refractivity contribution in [2.75, 3.05) is 0 Å². The Kier molecular flexibility index (Phi) is 13.1. The van der Waals surface area contributed by atoms with E-state index in [4.69, 9.17) is 15.3 Å². The van der Waals surface area contributed by atoms with Gasteiger partial charge in [-0.3, -0.25) is 0 Å². The van der Waals surface area contributed by atoms with Gasteiger partial charge < -0.3 is 15.3 Å². The largest absolute Gasteiger partial charge is 0.478 e. The van der Waals surface area contributed by atoms with Crippen LogP contribution in [0.2, 0.25) is 0 Å². The van der Waals surface area contributed by atoms with Gasteiger partial charge in [-0.25, -0.2) is 14.4 Å². The third-order valence-electron chi connectivity index (χ3n) is 3.06. The molecular weight excluding hydrogens is 507 g/mol. The van der Waals surface area contributed by atoms with Crippen LogP contribution in [0.3, 0.4) is 0 Å². The fourth-order valence-corrected chi connectivity index (χ4v) is 1.74. The summed E-state index contributed by atoms with van der Waals surface area (Å²) in [5, 5.41) is 25.2. The maximum atomic E-state index is 10.2. The molecule has 28 heavy (non-hydrogen) atoms. The maximum absolute atomic E-state index is 10.2. The first-order chi connectivity index (χ1) is 12.9. The Bertz CT molecular complexity index is 734. The molecule has 0 aliphatic heterocycles. The minimum Gasteiger partial charge on any atom is -0.478 e. The van der Waals surface area contributed by atoms with Crippen LogP contribution in [-0.4, -0.2) is 33.2 Å². The quantitative estimate of drug-likeness (QED) is 0.474. The zero-order valence-electron chi connectivity index (χ0n) is 14.6. The number of hydrogen-bond acceptors (Lipinski definition) is 3. The Hall–Kier alpha value is -2.64. The molecule has 0 fully saturated rings. The molecule has 3 aromatic rings. The Morgan fingerprint density at radius 2 is 0.607 bits per heavy atom. The first-order valence-electron chi connectivity index (χ1n) is 7.77. The number of hydrogen-bond donors (Lipinski definition) is 3. The van der Waals surface area contributed by atoms with E-state index in [2.05, 4.69) is 0 Å². The number of benzene rings is 3. The van der Waals surface area contributed by atoms with E-state index in [1.807, 2.05) is 0 Å². The summed E-state index contributed by atoms with van der Waals surface area (Å²) in [6, 6.07) is 24.9. The number of carboxylic acid groups (broad SMARTS) is 3. The normalized spacial score (nSPS) is 8.57. The number of carbonyl (C=O) groups is 3. The molecule has 6 nitrogen and oxygen atoms in total. The Labute approximate surface area is 192 Å². The second-order valence-electron chi connectivity index (χ2n) is 5.01. The third-order valence-corrected chi connectivity index (χ3v) is 3.06. The minimum absolute atomic E-state index is 0. The van der Waals surface area contributed by atoms with Crippen molar-refractivity contribution >= 4 is 17.9 Å². The molecule has 147 valence electrons. The van der Waals surface area contributed by atoms with E-state index in [-0.39, 0.29) is 38.6 Å². The molecule has 1 radical (unpaired) electrons. The maximum Gasteiger partial charge on any atom is 0.335 e. The van der Waals surface area contributed by atoms with Crippen molar-refractivity contribution in [2.24, 2.45) is 0 Å². The van der Waals surface area contributed by atoms with Crippen LogP contribution in [0.5, 0.6) is 0 Å². The number of carboxylic acids is 3. The molecule has 0 spiro atoms. The molecule has 0 saturated carbocycles. The van der Waals surface area contributed by atoms with Crippen LogP contribution in [0.15, 0.2) is 91.0 Å². The van der Waals surface area contributed by atoms with Crippen LogP contribution in [0.25, 0.3) is 0 Å². The average molecular weight is 525 g/mol. The third kappa shape index (κ3) is 10.5. The van der Waals surface area contributed by atoms with Crippen molar-refractivity contribution < 1.29 is 68.3 Å². The van der Waals surface area contributed by atoms with Gasteiger partial charge in [-0.1, -0.05) is 54.6 Å². The first-order valence-corrected chi connectivity index (χ1v) is 7.77. The van der Waals surface area contributed by atoms with Crippen molar-refractivity contribution in [3.05, 3.63) is 108 Å². The van der Waals surface area contributed by atoms with Gasteiger partial charge in [0.1, 0.15) is 0 Å². The molecule has 7 heteroatoms. The summed E-state index contributed by atoms with van der Waals surface area (Å²) >= 11 is 0. The van der Waals surface area contributed by atoms with Crippen molar-refractivity contribution in [3.63, 3.8) is 0 Å². The van der Waals surface area contributed by atoms with Gasteiger partial charge in [-0.05, 0) is 36.4 Å². The van der Waals surface area contributed by atoms with Gasteiger partial charge in [0.15, 0.2) is 0 Å². The molecule has 0 saturated heterocycles. The number of rotatable bonds is 3. The van der Waals surface area contributed by atoms with Crippen LogP contribution in [-0.2, 0) is 0 Å². The van der Waals surface area contributed by atoms with Crippen LogP contribution in [0, 0.1) is 38.6 Å². The van der Waals surface area contributed by atoms with Gasteiger partial charge in [-0.15, -0.1) is 0 Å². The van der Waals surface area contributed by atoms with Crippen molar-refractivity contribution in [2.45, 2.75) is 0 Å². The summed E-state index contributed by atoms with van der Waals surface area (Å²) in [6.07, 6.45) is 0. The average Bonchev–Trinajstić information content (AvgIpc) is 2.71. The van der Waals surface area contributed by atoms with Gasteiger partial charge in [0.2, 0.25) is 0 Å². The molecule has 0 amide bonds. The molecule has 3 N–H and O–H groups in total. The van der Waals surface area contributed by atoms with Gasteiger partial charge >= 0.3 is 17.9 Å². The van der Waals surface area contributed by atoms with Gasteiger partial charge in [-0.2, -0.15) is 0 Å². The van der Waals surface area contributed by atoms with Crippen molar-refractivity contribution in [1.29, 1.82) is 0 Å². The van der Waals surface area contributed by atoms with E-state index >= 15 is 0 Å². The fraction of sp³-hybridized carbons (Fsp3) is 0. The van der Waals surface area contributed by atoms with Crippen LogP contribution in [0.4, 0.5) is 0 Å². The van der Waals surface area contributed by atoms with E-state index in [0.29, 0.717) is 16.7 Å². The summed E-state index contributed by atoms with van der Waals surface area (Å²) in [5.74, 6) is -2.64. The zero-order valence-corrected chi connectivity index (χ0v) is 16.7. The summed E-state index contributed by atoms with van der Waals surface area (Å²) in [5.41, 5.74) is 0.993. The van der Waals surface area contributed by atoms with Crippen molar-refractivity contribution in [3.8, 4) is 0 Å². The number of aromatic carboxylic acids is 3. The zero-order chi connectivity index (χ0) is 20.1. The van der Waals surface area contributed by atoms with Crippen LogP contribution < -0.4 is 0 Å². The monoisotopic (exact) mass is 525 g/mol. The summed E-state index contributed by atoms with van der Waals surface area (Å²) in [4.78, 5) is 30.6. The molecular formula is C21H18O6Tb. The molecule has 0 bridgehead atoms. The van der Waals surface area contributed by atoms with Gasteiger partial charge in [0.05, 0.1) is 16.7 Å². The molecule has 0 aliphatic rings. The van der Waals surface area contributed by atoms with Crippen LogP contribution in [0.1, 0.15) is 31.1 Å². The second kappa shape index (κ2) is 14.4. The van der Waals surface area contributed by atoms with E-state index in [9.17, 15) is 14.4 Å². The van der Waals surface area contributed by atoms with E-state index in [0.717, 1.165) is 0 Å². The van der Waals surface area contributed by atoms with Gasteiger partial charge in [0.25, 0.3) is 0 Å². The smallest absolute Gasteiger partial charge is 0.335 e. The van der Waals surface area contributed by atoms with Gasteiger partial charge in [0, 0.05) is 38.6 Å².